The maximum absolute atomic E-state index is 12.3. The van der Waals surface area contributed by atoms with Crippen LogP contribution in [-0.2, 0) is 14.8 Å². The molecule has 0 aliphatic heterocycles. The molecule has 33 heavy (non-hydrogen) atoms. The van der Waals surface area contributed by atoms with Crippen molar-refractivity contribution in [2.75, 3.05) is 26.1 Å². The van der Waals surface area contributed by atoms with E-state index in [1.807, 2.05) is 0 Å². The molecule has 0 bridgehead atoms. The molecule has 0 atom stereocenters. The number of carbonyl (C=O) groups excluding carboxylic acids is 2. The van der Waals surface area contributed by atoms with Gasteiger partial charge in [-0.2, -0.15) is 4.98 Å². The number of ketones is 1. The molecule has 1 aromatic heterocycles. The standard InChI is InChI=1S/C21H23N5O6S/c1-13(27)14-4-7-16(8-5-14)33(29,30)22-11-10-19(28)23-21-24-20(25-26-21)17-9-6-15(31-2)12-18(17)32-3/h4-9,12,22H,10-11H2,1-3H3,(H2,23,24,25,26,28). The van der Waals surface area contributed by atoms with Gasteiger partial charge < -0.3 is 9.47 Å². The number of nitrogens with one attached hydrogen (secondary N) is 3. The second-order valence-corrected chi connectivity index (χ2v) is 8.62. The summed E-state index contributed by atoms with van der Waals surface area (Å²) in [7, 11) is -0.767. The number of sulfonamides is 1. The molecule has 2 aromatic carbocycles. The minimum absolute atomic E-state index is 0.0000400. The maximum atomic E-state index is 12.3. The fraction of sp³-hybridized carbons (Fsp3) is 0.238. The molecule has 0 aliphatic carbocycles. The number of aromatic nitrogens is 3. The van der Waals surface area contributed by atoms with Gasteiger partial charge in [0.15, 0.2) is 11.6 Å². The van der Waals surface area contributed by atoms with Crippen molar-refractivity contribution in [2.24, 2.45) is 0 Å². The molecule has 0 aliphatic rings. The van der Waals surface area contributed by atoms with Crippen molar-refractivity contribution >= 4 is 27.7 Å². The van der Waals surface area contributed by atoms with E-state index in [-0.39, 0.29) is 29.6 Å². The Balaban J connectivity index is 1.57. The summed E-state index contributed by atoms with van der Waals surface area (Å²) in [6.45, 7) is 1.26. The number of methoxy groups -OCH3 is 2. The lowest BCUT2D eigenvalue weighted by Gasteiger charge is -2.08. The zero-order chi connectivity index (χ0) is 24.0. The molecule has 3 aromatic rings. The third kappa shape index (κ3) is 5.93. The van der Waals surface area contributed by atoms with E-state index < -0.39 is 15.9 Å². The van der Waals surface area contributed by atoms with Crippen LogP contribution in [0, 0.1) is 0 Å². The summed E-state index contributed by atoms with van der Waals surface area (Å²) in [5.74, 6) is 0.895. The largest absolute Gasteiger partial charge is 0.497 e. The summed E-state index contributed by atoms with van der Waals surface area (Å²) in [6.07, 6.45) is -0.138. The topological polar surface area (TPSA) is 152 Å². The first kappa shape index (κ1) is 23.9. The number of aromatic amines is 1. The van der Waals surface area contributed by atoms with Gasteiger partial charge in [-0.3, -0.25) is 20.0 Å². The molecule has 3 N–H and O–H groups in total. The van der Waals surface area contributed by atoms with E-state index in [9.17, 15) is 18.0 Å². The first-order valence-corrected chi connectivity index (χ1v) is 11.3. The number of benzene rings is 2. The first-order chi connectivity index (χ1) is 15.7. The normalized spacial score (nSPS) is 11.1. The molecule has 0 fully saturated rings. The summed E-state index contributed by atoms with van der Waals surface area (Å²) in [5, 5.41) is 9.19. The van der Waals surface area contributed by atoms with Crippen LogP contribution in [0.5, 0.6) is 11.5 Å². The predicted octanol–water partition coefficient (Wildman–Crippen LogP) is 2.00. The monoisotopic (exact) mass is 473 g/mol. The zero-order valence-electron chi connectivity index (χ0n) is 18.2. The highest BCUT2D eigenvalue weighted by molar-refractivity contribution is 7.89. The summed E-state index contributed by atoms with van der Waals surface area (Å²) in [4.78, 5) is 27.7. The lowest BCUT2D eigenvalue weighted by molar-refractivity contribution is -0.116. The predicted molar refractivity (Wildman–Crippen MR) is 120 cm³/mol. The van der Waals surface area contributed by atoms with E-state index in [2.05, 4.69) is 25.2 Å². The lowest BCUT2D eigenvalue weighted by Crippen LogP contribution is -2.28. The number of anilines is 1. The Labute approximate surface area is 190 Å². The van der Waals surface area contributed by atoms with Gasteiger partial charge in [-0.15, -0.1) is 5.10 Å². The van der Waals surface area contributed by atoms with Crippen molar-refractivity contribution in [2.45, 2.75) is 18.2 Å². The minimum Gasteiger partial charge on any atom is -0.497 e. The number of H-pyrrole nitrogens is 1. The van der Waals surface area contributed by atoms with E-state index in [1.54, 1.807) is 25.3 Å². The van der Waals surface area contributed by atoms with Crippen LogP contribution in [0.15, 0.2) is 47.4 Å². The molecular weight excluding hydrogens is 450 g/mol. The molecule has 12 heteroatoms. The molecule has 1 amide bonds. The summed E-state index contributed by atoms with van der Waals surface area (Å²) >= 11 is 0. The number of hydrogen-bond donors (Lipinski definition) is 3. The Morgan fingerprint density at radius 3 is 2.42 bits per heavy atom. The van der Waals surface area contributed by atoms with Gasteiger partial charge in [-0.1, -0.05) is 12.1 Å². The molecule has 3 rings (SSSR count). The van der Waals surface area contributed by atoms with Gasteiger partial charge in [0, 0.05) is 24.6 Å². The first-order valence-electron chi connectivity index (χ1n) is 9.79. The molecule has 0 saturated carbocycles. The second kappa shape index (κ2) is 10.2. The van der Waals surface area contributed by atoms with Crippen LogP contribution in [0.2, 0.25) is 0 Å². The lowest BCUT2D eigenvalue weighted by atomic mass is 10.2. The molecule has 0 saturated heterocycles. The van der Waals surface area contributed by atoms with E-state index >= 15 is 0 Å². The van der Waals surface area contributed by atoms with Gasteiger partial charge in [-0.05, 0) is 31.2 Å². The number of nitrogens with zero attached hydrogens (tertiary/aromatic N) is 2. The fourth-order valence-electron chi connectivity index (χ4n) is 2.87. The van der Waals surface area contributed by atoms with E-state index in [0.717, 1.165) is 0 Å². The smallest absolute Gasteiger partial charge is 0.249 e. The number of rotatable bonds is 10. The molecular formula is C21H23N5O6S. The number of hydrogen-bond acceptors (Lipinski definition) is 8. The van der Waals surface area contributed by atoms with E-state index in [4.69, 9.17) is 9.47 Å². The van der Waals surface area contributed by atoms with Crippen molar-refractivity contribution in [3.8, 4) is 22.9 Å². The average Bonchev–Trinajstić information content (AvgIpc) is 3.26. The zero-order valence-corrected chi connectivity index (χ0v) is 19.0. The van der Waals surface area contributed by atoms with Crippen LogP contribution < -0.4 is 19.5 Å². The Morgan fingerprint density at radius 1 is 1.06 bits per heavy atom. The number of amides is 1. The van der Waals surface area contributed by atoms with E-state index in [0.29, 0.717) is 28.5 Å². The van der Waals surface area contributed by atoms with Gasteiger partial charge in [0.25, 0.3) is 0 Å². The second-order valence-electron chi connectivity index (χ2n) is 6.85. The molecule has 1 heterocycles. The Kier molecular flexibility index (Phi) is 7.41. The van der Waals surface area contributed by atoms with Crippen molar-refractivity contribution in [1.82, 2.24) is 19.9 Å². The van der Waals surface area contributed by atoms with E-state index in [1.165, 1.54) is 38.3 Å². The number of ether oxygens (including phenoxy) is 2. The fourth-order valence-corrected chi connectivity index (χ4v) is 3.90. The molecule has 174 valence electrons. The highest BCUT2D eigenvalue weighted by atomic mass is 32.2. The number of Topliss-reactive ketones (excluding diaryl/α,β-unsaturated/α-hetero) is 1. The molecule has 11 nitrogen and oxygen atoms in total. The van der Waals surface area contributed by atoms with Crippen LogP contribution in [-0.4, -0.2) is 56.1 Å². The van der Waals surface area contributed by atoms with Crippen LogP contribution in [0.1, 0.15) is 23.7 Å². The van der Waals surface area contributed by atoms with Crippen molar-refractivity contribution in [1.29, 1.82) is 0 Å². The SMILES string of the molecule is COc1ccc(-c2nc(NC(=O)CCNS(=O)(=O)c3ccc(C(C)=O)cc3)n[nH]2)c(OC)c1. The third-order valence-corrected chi connectivity index (χ3v) is 6.09. The van der Waals surface area contributed by atoms with Gasteiger partial charge in [-0.25, -0.2) is 13.1 Å². The average molecular weight is 474 g/mol. The third-order valence-electron chi connectivity index (χ3n) is 4.62. The molecule has 0 unspecified atom stereocenters. The number of carbonyl (C=O) groups is 2. The van der Waals surface area contributed by atoms with Crippen molar-refractivity contribution in [3.63, 3.8) is 0 Å². The Hall–Kier alpha value is -3.77. The van der Waals surface area contributed by atoms with Gasteiger partial charge in [0.1, 0.15) is 11.5 Å². The van der Waals surface area contributed by atoms with Gasteiger partial charge in [0.2, 0.25) is 21.9 Å². The van der Waals surface area contributed by atoms with Crippen LogP contribution in [0.3, 0.4) is 0 Å². The Morgan fingerprint density at radius 2 is 1.79 bits per heavy atom. The molecule has 0 spiro atoms. The quantitative estimate of drug-likeness (QED) is 0.378. The van der Waals surface area contributed by atoms with Crippen molar-refractivity contribution in [3.05, 3.63) is 48.0 Å². The summed E-state index contributed by atoms with van der Waals surface area (Å²) in [5.41, 5.74) is 1.03. The summed E-state index contributed by atoms with van der Waals surface area (Å²) in [6, 6.07) is 10.7. The Bertz CT molecular complexity index is 1250. The maximum Gasteiger partial charge on any atom is 0.249 e. The van der Waals surface area contributed by atoms with Crippen molar-refractivity contribution < 1.29 is 27.5 Å². The minimum atomic E-state index is -3.82. The van der Waals surface area contributed by atoms with Crippen LogP contribution >= 0.6 is 0 Å². The van der Waals surface area contributed by atoms with Crippen LogP contribution in [0.25, 0.3) is 11.4 Å². The van der Waals surface area contributed by atoms with Crippen LogP contribution in [0.4, 0.5) is 5.95 Å². The highest BCUT2D eigenvalue weighted by Gasteiger charge is 2.16. The highest BCUT2D eigenvalue weighted by Crippen LogP contribution is 2.31. The summed E-state index contributed by atoms with van der Waals surface area (Å²) < 4.78 is 37.5. The van der Waals surface area contributed by atoms with Gasteiger partial charge >= 0.3 is 0 Å². The van der Waals surface area contributed by atoms with Gasteiger partial charge in [0.05, 0.1) is 24.7 Å². The molecule has 0 radical (unpaired) electrons.